The molecule has 1 saturated carbocycles. The molecule has 0 aromatic heterocycles. The molecule has 0 heterocycles. The van der Waals surface area contributed by atoms with Crippen LogP contribution >= 0.6 is 0 Å². The van der Waals surface area contributed by atoms with Crippen LogP contribution in [0.3, 0.4) is 0 Å². The molecule has 1 aliphatic carbocycles. The number of hydrogen-bond donors (Lipinski definition) is 0. The van der Waals surface area contributed by atoms with Crippen LogP contribution in [0.4, 0.5) is 0 Å². The molecule has 18 heavy (non-hydrogen) atoms. The Morgan fingerprint density at radius 1 is 1.22 bits per heavy atom. The Hall–Kier alpha value is -1.31. The van der Waals surface area contributed by atoms with Gasteiger partial charge in [-0.25, -0.2) is 0 Å². The summed E-state index contributed by atoms with van der Waals surface area (Å²) in [7, 11) is 1.74. The Balaban J connectivity index is 2.15. The van der Waals surface area contributed by atoms with Crippen molar-refractivity contribution >= 4 is 5.78 Å². The topological polar surface area (TPSA) is 26.3 Å². The van der Waals surface area contributed by atoms with Crippen LogP contribution < -0.4 is 4.74 Å². The highest BCUT2D eigenvalue weighted by Gasteiger charge is 2.21. The van der Waals surface area contributed by atoms with E-state index in [1.807, 2.05) is 0 Å². The minimum Gasteiger partial charge on any atom is -0.496 e. The van der Waals surface area contributed by atoms with E-state index in [0.29, 0.717) is 11.7 Å². The Kier molecular flexibility index (Phi) is 4.05. The lowest BCUT2D eigenvalue weighted by atomic mass is 9.83. The second-order valence-electron chi connectivity index (χ2n) is 5.45. The first kappa shape index (κ1) is 13.1. The molecule has 0 spiro atoms. The molecule has 98 valence electrons. The average molecular weight is 246 g/mol. The minimum atomic E-state index is 0.429. The zero-order chi connectivity index (χ0) is 13.1. The van der Waals surface area contributed by atoms with Gasteiger partial charge in [0.1, 0.15) is 11.5 Å². The smallest absolute Gasteiger partial charge is 0.132 e. The molecule has 0 saturated heterocycles. The predicted octanol–water partition coefficient (Wildman–Crippen LogP) is 3.61. The van der Waals surface area contributed by atoms with E-state index in [0.717, 1.165) is 37.9 Å². The van der Waals surface area contributed by atoms with Crippen LogP contribution in [0.5, 0.6) is 5.75 Å². The number of carbonyl (C=O) groups excluding carboxylic acids is 1. The summed E-state index contributed by atoms with van der Waals surface area (Å²) in [6.07, 6.45) is 4.64. The standard InChI is InChI=1S/C16H22O2/c1-11-8-12(2)15(16(9-11)18-3)10-13-4-6-14(17)7-5-13/h8-9,13H,4-7,10H2,1-3H3. The molecule has 0 unspecified atom stereocenters. The van der Waals surface area contributed by atoms with Gasteiger partial charge in [-0.15, -0.1) is 0 Å². The first-order valence-electron chi connectivity index (χ1n) is 6.76. The van der Waals surface area contributed by atoms with Gasteiger partial charge in [0.2, 0.25) is 0 Å². The third-order valence-corrected chi connectivity index (χ3v) is 3.95. The summed E-state index contributed by atoms with van der Waals surface area (Å²) < 4.78 is 5.50. The number of ether oxygens (including phenoxy) is 1. The van der Waals surface area contributed by atoms with Crippen molar-refractivity contribution < 1.29 is 9.53 Å². The lowest BCUT2D eigenvalue weighted by molar-refractivity contribution is -0.120. The van der Waals surface area contributed by atoms with Crippen LogP contribution in [0, 0.1) is 19.8 Å². The van der Waals surface area contributed by atoms with E-state index in [4.69, 9.17) is 4.74 Å². The molecule has 1 aromatic carbocycles. The van der Waals surface area contributed by atoms with Crippen LogP contribution in [-0.4, -0.2) is 12.9 Å². The lowest BCUT2D eigenvalue weighted by Gasteiger charge is -2.23. The zero-order valence-corrected chi connectivity index (χ0v) is 11.6. The third kappa shape index (κ3) is 2.92. The SMILES string of the molecule is COc1cc(C)cc(C)c1CC1CCC(=O)CC1. The summed E-state index contributed by atoms with van der Waals surface area (Å²) >= 11 is 0. The Labute approximate surface area is 109 Å². The molecular formula is C16H22O2. The van der Waals surface area contributed by atoms with Gasteiger partial charge >= 0.3 is 0 Å². The maximum Gasteiger partial charge on any atom is 0.132 e. The molecule has 0 bridgehead atoms. The number of carbonyl (C=O) groups is 1. The molecule has 1 aromatic rings. The molecule has 0 atom stereocenters. The van der Waals surface area contributed by atoms with Crippen LogP contribution in [-0.2, 0) is 11.2 Å². The molecule has 1 fully saturated rings. The van der Waals surface area contributed by atoms with Crippen LogP contribution in [0.2, 0.25) is 0 Å². The maximum atomic E-state index is 11.3. The third-order valence-electron chi connectivity index (χ3n) is 3.95. The first-order valence-corrected chi connectivity index (χ1v) is 6.76. The van der Waals surface area contributed by atoms with Crippen LogP contribution in [0.1, 0.15) is 42.4 Å². The van der Waals surface area contributed by atoms with E-state index in [2.05, 4.69) is 26.0 Å². The molecule has 2 nitrogen and oxygen atoms in total. The summed E-state index contributed by atoms with van der Waals surface area (Å²) in [6, 6.07) is 4.32. The fourth-order valence-electron chi connectivity index (χ4n) is 2.89. The maximum absolute atomic E-state index is 11.3. The van der Waals surface area contributed by atoms with Gasteiger partial charge in [0.25, 0.3) is 0 Å². The van der Waals surface area contributed by atoms with Gasteiger partial charge in [-0.1, -0.05) is 6.07 Å². The molecule has 0 N–H and O–H groups in total. The Morgan fingerprint density at radius 3 is 2.50 bits per heavy atom. The summed E-state index contributed by atoms with van der Waals surface area (Å²) in [5.74, 6) is 2.07. The molecule has 2 heteroatoms. The molecule has 0 aliphatic heterocycles. The van der Waals surface area contributed by atoms with Gasteiger partial charge in [-0.2, -0.15) is 0 Å². The number of rotatable bonds is 3. The normalized spacial score (nSPS) is 16.9. The quantitative estimate of drug-likeness (QED) is 0.814. The highest BCUT2D eigenvalue weighted by molar-refractivity contribution is 5.79. The van der Waals surface area contributed by atoms with E-state index < -0.39 is 0 Å². The van der Waals surface area contributed by atoms with E-state index in [9.17, 15) is 4.79 Å². The van der Waals surface area contributed by atoms with Gasteiger partial charge < -0.3 is 4.74 Å². The highest BCUT2D eigenvalue weighted by Crippen LogP contribution is 2.31. The molecule has 1 aliphatic rings. The van der Waals surface area contributed by atoms with Crippen molar-refractivity contribution in [2.45, 2.75) is 46.0 Å². The van der Waals surface area contributed by atoms with Crippen molar-refractivity contribution in [2.75, 3.05) is 7.11 Å². The number of ketones is 1. The Morgan fingerprint density at radius 2 is 1.89 bits per heavy atom. The first-order chi connectivity index (χ1) is 8.60. The predicted molar refractivity (Wildman–Crippen MR) is 73.1 cm³/mol. The zero-order valence-electron chi connectivity index (χ0n) is 11.6. The second-order valence-corrected chi connectivity index (χ2v) is 5.45. The van der Waals surface area contributed by atoms with Gasteiger partial charge in [-0.05, 0) is 61.8 Å². The molecule has 0 amide bonds. The number of aryl methyl sites for hydroxylation is 2. The van der Waals surface area contributed by atoms with Crippen molar-refractivity contribution in [3.8, 4) is 5.75 Å². The summed E-state index contributed by atoms with van der Waals surface area (Å²) in [5.41, 5.74) is 3.87. The van der Waals surface area contributed by atoms with Gasteiger partial charge in [0, 0.05) is 12.8 Å². The number of hydrogen-bond acceptors (Lipinski definition) is 2. The van der Waals surface area contributed by atoms with E-state index >= 15 is 0 Å². The van der Waals surface area contributed by atoms with Gasteiger partial charge in [0.15, 0.2) is 0 Å². The van der Waals surface area contributed by atoms with Crippen LogP contribution in [0.25, 0.3) is 0 Å². The number of benzene rings is 1. The van der Waals surface area contributed by atoms with Crippen molar-refractivity contribution in [3.63, 3.8) is 0 Å². The van der Waals surface area contributed by atoms with E-state index in [1.165, 1.54) is 16.7 Å². The summed E-state index contributed by atoms with van der Waals surface area (Å²) in [6.45, 7) is 4.25. The fraction of sp³-hybridized carbons (Fsp3) is 0.562. The monoisotopic (exact) mass is 246 g/mol. The summed E-state index contributed by atoms with van der Waals surface area (Å²) in [5, 5.41) is 0. The lowest BCUT2D eigenvalue weighted by Crippen LogP contribution is -2.16. The van der Waals surface area contributed by atoms with Crippen molar-refractivity contribution in [1.82, 2.24) is 0 Å². The summed E-state index contributed by atoms with van der Waals surface area (Å²) in [4.78, 5) is 11.3. The number of methoxy groups -OCH3 is 1. The number of Topliss-reactive ketones (excluding diaryl/α,β-unsaturated/α-hetero) is 1. The highest BCUT2D eigenvalue weighted by atomic mass is 16.5. The average Bonchev–Trinajstić information content (AvgIpc) is 2.34. The molecular weight excluding hydrogens is 224 g/mol. The van der Waals surface area contributed by atoms with Crippen LogP contribution in [0.15, 0.2) is 12.1 Å². The largest absolute Gasteiger partial charge is 0.496 e. The van der Waals surface area contributed by atoms with E-state index in [1.54, 1.807) is 7.11 Å². The van der Waals surface area contributed by atoms with Gasteiger partial charge in [0.05, 0.1) is 7.11 Å². The van der Waals surface area contributed by atoms with Crippen molar-refractivity contribution in [1.29, 1.82) is 0 Å². The Bertz CT molecular complexity index is 439. The molecule has 0 radical (unpaired) electrons. The molecule has 2 rings (SSSR count). The minimum absolute atomic E-state index is 0.429. The fourth-order valence-corrected chi connectivity index (χ4v) is 2.89. The van der Waals surface area contributed by atoms with Crippen molar-refractivity contribution in [3.05, 3.63) is 28.8 Å². The van der Waals surface area contributed by atoms with Crippen molar-refractivity contribution in [2.24, 2.45) is 5.92 Å². The second kappa shape index (κ2) is 5.55. The van der Waals surface area contributed by atoms with Gasteiger partial charge in [-0.3, -0.25) is 4.79 Å². The van der Waals surface area contributed by atoms with E-state index in [-0.39, 0.29) is 0 Å².